The normalized spacial score (nSPS) is 11.0. The van der Waals surface area contributed by atoms with Crippen molar-refractivity contribution in [3.05, 3.63) is 47.6 Å². The minimum Gasteiger partial charge on any atom is -0.330 e. The Morgan fingerprint density at radius 1 is 1.19 bits per heavy atom. The van der Waals surface area contributed by atoms with E-state index in [4.69, 9.17) is 5.73 Å². The van der Waals surface area contributed by atoms with E-state index in [-0.39, 0.29) is 0 Å². The molecule has 0 aliphatic rings. The number of nitrogens with two attached hydrogens (primary N) is 1. The average molecular weight is 298 g/mol. The predicted octanol–water partition coefficient (Wildman–Crippen LogP) is 3.49. The molecule has 0 radical (unpaired) electrons. The fourth-order valence-corrected chi connectivity index (χ4v) is 3.27. The number of anilines is 2. The number of aryl methyl sites for hydroxylation is 1. The Hall–Kier alpha value is -1.98. The molecule has 21 heavy (non-hydrogen) atoms. The van der Waals surface area contributed by atoms with E-state index in [1.54, 1.807) is 17.7 Å². The van der Waals surface area contributed by atoms with Crippen molar-refractivity contribution >= 4 is 33.1 Å². The van der Waals surface area contributed by atoms with E-state index in [0.717, 1.165) is 29.0 Å². The first-order valence-corrected chi connectivity index (χ1v) is 7.90. The van der Waals surface area contributed by atoms with E-state index in [1.807, 2.05) is 6.07 Å². The summed E-state index contributed by atoms with van der Waals surface area (Å²) in [4.78, 5) is 11.1. The Bertz CT molecular complexity index is 738. The fourth-order valence-electron chi connectivity index (χ4n) is 2.42. The quantitative estimate of drug-likeness (QED) is 0.783. The maximum absolute atomic E-state index is 5.71. The number of aromatic nitrogens is 2. The fraction of sp³-hybridized carbons (Fsp3) is 0.250. The Morgan fingerprint density at radius 3 is 2.86 bits per heavy atom. The topological polar surface area (TPSA) is 55.0 Å². The van der Waals surface area contributed by atoms with Crippen LogP contribution in [0.3, 0.4) is 0 Å². The molecule has 0 saturated heterocycles. The van der Waals surface area contributed by atoms with Gasteiger partial charge in [0, 0.05) is 12.2 Å². The summed E-state index contributed by atoms with van der Waals surface area (Å²) in [6.45, 7) is 3.64. The lowest BCUT2D eigenvalue weighted by Gasteiger charge is -2.25. The van der Waals surface area contributed by atoms with E-state index < -0.39 is 0 Å². The number of benzene rings is 1. The lowest BCUT2D eigenvalue weighted by molar-refractivity contribution is 0.810. The second-order valence-electron chi connectivity index (χ2n) is 4.91. The molecule has 0 atom stereocenters. The number of para-hydroxylation sites is 1. The van der Waals surface area contributed by atoms with Gasteiger partial charge >= 0.3 is 0 Å². The minimum atomic E-state index is 0.668. The van der Waals surface area contributed by atoms with Gasteiger partial charge in [-0.05, 0) is 43.0 Å². The van der Waals surface area contributed by atoms with Crippen molar-refractivity contribution in [3.8, 4) is 0 Å². The van der Waals surface area contributed by atoms with Gasteiger partial charge < -0.3 is 10.6 Å². The smallest absolute Gasteiger partial charge is 0.154 e. The highest BCUT2D eigenvalue weighted by Gasteiger charge is 2.16. The van der Waals surface area contributed by atoms with Crippen molar-refractivity contribution in [2.45, 2.75) is 13.3 Å². The predicted molar refractivity (Wildman–Crippen MR) is 89.3 cm³/mol. The first-order chi connectivity index (χ1) is 10.3. The van der Waals surface area contributed by atoms with Crippen LogP contribution in [0.2, 0.25) is 0 Å². The molecule has 0 aliphatic carbocycles. The number of thiophene rings is 1. The molecule has 0 unspecified atom stereocenters. The molecule has 2 heterocycles. The van der Waals surface area contributed by atoms with E-state index in [0.29, 0.717) is 6.54 Å². The van der Waals surface area contributed by atoms with Gasteiger partial charge in [0.2, 0.25) is 0 Å². The van der Waals surface area contributed by atoms with E-state index in [9.17, 15) is 0 Å². The first kappa shape index (κ1) is 14.0. The van der Waals surface area contributed by atoms with Crippen molar-refractivity contribution in [2.24, 2.45) is 5.73 Å². The van der Waals surface area contributed by atoms with Gasteiger partial charge in [0.15, 0.2) is 5.82 Å². The van der Waals surface area contributed by atoms with Gasteiger partial charge in [-0.1, -0.05) is 18.2 Å². The molecule has 2 N–H and O–H groups in total. The van der Waals surface area contributed by atoms with Crippen molar-refractivity contribution in [2.75, 3.05) is 18.0 Å². The van der Waals surface area contributed by atoms with Crippen molar-refractivity contribution in [1.82, 2.24) is 9.97 Å². The molecule has 108 valence electrons. The monoisotopic (exact) mass is 298 g/mol. The van der Waals surface area contributed by atoms with Gasteiger partial charge in [-0.3, -0.25) is 0 Å². The molecule has 4 nitrogen and oxygen atoms in total. The molecule has 0 bridgehead atoms. The third kappa shape index (κ3) is 2.75. The van der Waals surface area contributed by atoms with Gasteiger partial charge in [0.25, 0.3) is 0 Å². The van der Waals surface area contributed by atoms with Crippen molar-refractivity contribution < 1.29 is 0 Å². The average Bonchev–Trinajstić information content (AvgIpc) is 2.98. The minimum absolute atomic E-state index is 0.668. The Morgan fingerprint density at radius 2 is 2.05 bits per heavy atom. The molecular weight excluding hydrogens is 280 g/mol. The third-order valence-corrected chi connectivity index (χ3v) is 4.37. The van der Waals surface area contributed by atoms with Crippen LogP contribution in [0.5, 0.6) is 0 Å². The number of nitrogens with zero attached hydrogens (tertiary/aromatic N) is 3. The summed E-state index contributed by atoms with van der Waals surface area (Å²) >= 11 is 1.68. The Kier molecular flexibility index (Phi) is 4.13. The highest BCUT2D eigenvalue weighted by Crippen LogP contribution is 2.34. The molecule has 0 amide bonds. The Labute approximate surface area is 128 Å². The number of hydrogen-bond donors (Lipinski definition) is 1. The number of hydrogen-bond acceptors (Lipinski definition) is 5. The van der Waals surface area contributed by atoms with Crippen LogP contribution in [-0.2, 0) is 0 Å². The molecule has 0 aliphatic heterocycles. The van der Waals surface area contributed by atoms with Gasteiger partial charge in [-0.15, -0.1) is 11.3 Å². The summed E-state index contributed by atoms with van der Waals surface area (Å²) in [7, 11) is 0. The van der Waals surface area contributed by atoms with Crippen LogP contribution in [0.4, 0.5) is 11.5 Å². The second kappa shape index (κ2) is 6.20. The van der Waals surface area contributed by atoms with Crippen molar-refractivity contribution in [1.29, 1.82) is 0 Å². The van der Waals surface area contributed by atoms with Crippen LogP contribution >= 0.6 is 11.3 Å². The zero-order valence-corrected chi connectivity index (χ0v) is 12.8. The third-order valence-electron chi connectivity index (χ3n) is 3.47. The Balaban J connectivity index is 2.11. The molecule has 0 saturated carbocycles. The number of fused-ring (bicyclic) bond motifs is 1. The van der Waals surface area contributed by atoms with Gasteiger partial charge in [0.1, 0.15) is 6.33 Å². The van der Waals surface area contributed by atoms with Crippen LogP contribution in [0.15, 0.2) is 42.0 Å². The van der Waals surface area contributed by atoms with Crippen LogP contribution in [0.25, 0.3) is 10.2 Å². The van der Waals surface area contributed by atoms with Crippen LogP contribution in [0, 0.1) is 6.92 Å². The molecule has 0 fully saturated rings. The maximum Gasteiger partial charge on any atom is 0.154 e. The lowest BCUT2D eigenvalue weighted by atomic mass is 10.1. The molecule has 1 aromatic carbocycles. The molecule has 3 rings (SSSR count). The summed E-state index contributed by atoms with van der Waals surface area (Å²) in [5.41, 5.74) is 9.12. The summed E-state index contributed by atoms with van der Waals surface area (Å²) in [5, 5.41) is 2.06. The zero-order chi connectivity index (χ0) is 14.7. The van der Waals surface area contributed by atoms with E-state index in [2.05, 4.69) is 51.4 Å². The van der Waals surface area contributed by atoms with Gasteiger partial charge in [0.05, 0.1) is 10.2 Å². The van der Waals surface area contributed by atoms with Crippen LogP contribution in [-0.4, -0.2) is 23.1 Å². The summed E-state index contributed by atoms with van der Waals surface area (Å²) in [6, 6.07) is 10.4. The zero-order valence-electron chi connectivity index (χ0n) is 12.0. The lowest BCUT2D eigenvalue weighted by Crippen LogP contribution is -2.22. The number of rotatable bonds is 5. The SMILES string of the molecule is Cc1ccccc1N(CCCN)c1ncnc2ccsc12. The summed E-state index contributed by atoms with van der Waals surface area (Å²) < 4.78 is 1.12. The van der Waals surface area contributed by atoms with Gasteiger partial charge in [-0.25, -0.2) is 9.97 Å². The molecule has 2 aromatic heterocycles. The second-order valence-corrected chi connectivity index (χ2v) is 5.83. The van der Waals surface area contributed by atoms with Gasteiger partial charge in [-0.2, -0.15) is 0 Å². The van der Waals surface area contributed by atoms with E-state index in [1.165, 1.54) is 11.3 Å². The van der Waals surface area contributed by atoms with Crippen molar-refractivity contribution in [3.63, 3.8) is 0 Å². The summed E-state index contributed by atoms with van der Waals surface area (Å²) in [6.07, 6.45) is 2.56. The highest BCUT2D eigenvalue weighted by atomic mass is 32.1. The van der Waals surface area contributed by atoms with Crippen LogP contribution in [0.1, 0.15) is 12.0 Å². The molecule has 5 heteroatoms. The first-order valence-electron chi connectivity index (χ1n) is 7.02. The largest absolute Gasteiger partial charge is 0.330 e. The molecule has 0 spiro atoms. The summed E-state index contributed by atoms with van der Waals surface area (Å²) in [5.74, 6) is 0.970. The maximum atomic E-state index is 5.71. The molecular formula is C16H18N4S. The van der Waals surface area contributed by atoms with Crippen LogP contribution < -0.4 is 10.6 Å². The molecule has 3 aromatic rings. The highest BCUT2D eigenvalue weighted by molar-refractivity contribution is 7.17. The standard InChI is InChI=1S/C16H18N4S/c1-12-5-2-3-6-14(12)20(9-4-8-17)16-15-13(7-10-21-15)18-11-19-16/h2-3,5-7,10-11H,4,8-9,17H2,1H3. The van der Waals surface area contributed by atoms with E-state index >= 15 is 0 Å².